The van der Waals surface area contributed by atoms with Crippen LogP contribution >= 0.6 is 0 Å². The van der Waals surface area contributed by atoms with Crippen molar-refractivity contribution in [1.29, 1.82) is 0 Å². The zero-order chi connectivity index (χ0) is 14.3. The fourth-order valence-corrected chi connectivity index (χ4v) is 1.25. The Balaban J connectivity index is 2.48. The van der Waals surface area contributed by atoms with Crippen LogP contribution in [0, 0.1) is 5.92 Å². The Morgan fingerprint density at radius 2 is 1.79 bits per heavy atom. The van der Waals surface area contributed by atoms with Gasteiger partial charge in [-0.3, -0.25) is 4.79 Å². The fraction of sp³-hybridized carbons (Fsp3) is 0.429. The maximum Gasteiger partial charge on any atom is 0.280 e. The van der Waals surface area contributed by atoms with Gasteiger partial charge in [-0.05, 0) is 37.1 Å². The van der Waals surface area contributed by atoms with Gasteiger partial charge in [0.2, 0.25) is 0 Å². The molecule has 5 heteroatoms. The molecule has 104 valence electrons. The summed E-state index contributed by atoms with van der Waals surface area (Å²) in [6, 6.07) is 7.05. The van der Waals surface area contributed by atoms with Crippen molar-refractivity contribution < 1.29 is 14.3 Å². The lowest BCUT2D eigenvalue weighted by Gasteiger charge is -2.13. The third kappa shape index (κ3) is 5.42. The summed E-state index contributed by atoms with van der Waals surface area (Å²) in [6.45, 7) is 5.63. The van der Waals surface area contributed by atoms with E-state index in [4.69, 9.17) is 9.47 Å². The SMILES string of the molecule is COc1ccc(OC(C)C(=O)NN=CC(C)C)cc1. The number of hydrazone groups is 1. The van der Waals surface area contributed by atoms with Crippen molar-refractivity contribution in [3.63, 3.8) is 0 Å². The van der Waals surface area contributed by atoms with Crippen LogP contribution < -0.4 is 14.9 Å². The molecular weight excluding hydrogens is 244 g/mol. The van der Waals surface area contributed by atoms with Gasteiger partial charge in [-0.25, -0.2) is 5.43 Å². The van der Waals surface area contributed by atoms with E-state index < -0.39 is 6.10 Å². The topological polar surface area (TPSA) is 59.9 Å². The van der Waals surface area contributed by atoms with Gasteiger partial charge in [0.1, 0.15) is 11.5 Å². The second-order valence-electron chi connectivity index (χ2n) is 4.43. The van der Waals surface area contributed by atoms with Crippen molar-refractivity contribution in [2.75, 3.05) is 7.11 Å². The molecule has 0 fully saturated rings. The summed E-state index contributed by atoms with van der Waals surface area (Å²) in [7, 11) is 1.60. The van der Waals surface area contributed by atoms with E-state index in [0.717, 1.165) is 5.75 Å². The minimum Gasteiger partial charge on any atom is -0.497 e. The third-order valence-electron chi connectivity index (χ3n) is 2.29. The molecule has 0 aromatic heterocycles. The molecule has 1 rings (SSSR count). The van der Waals surface area contributed by atoms with Gasteiger partial charge in [0.05, 0.1) is 7.11 Å². The van der Waals surface area contributed by atoms with Crippen LogP contribution in [0.1, 0.15) is 20.8 Å². The molecule has 0 saturated carbocycles. The minimum absolute atomic E-state index is 0.285. The maximum atomic E-state index is 11.7. The molecule has 0 aliphatic rings. The largest absolute Gasteiger partial charge is 0.497 e. The van der Waals surface area contributed by atoms with Gasteiger partial charge < -0.3 is 9.47 Å². The first kappa shape index (κ1) is 15.0. The van der Waals surface area contributed by atoms with Crippen LogP contribution in [-0.2, 0) is 4.79 Å². The number of amides is 1. The lowest BCUT2D eigenvalue weighted by molar-refractivity contribution is -0.127. The number of ether oxygens (including phenoxy) is 2. The first-order chi connectivity index (χ1) is 9.02. The summed E-state index contributed by atoms with van der Waals surface area (Å²) in [5.41, 5.74) is 2.44. The smallest absolute Gasteiger partial charge is 0.280 e. The molecule has 1 amide bonds. The van der Waals surface area contributed by atoms with Gasteiger partial charge in [0.25, 0.3) is 5.91 Å². The minimum atomic E-state index is -0.613. The van der Waals surface area contributed by atoms with Gasteiger partial charge in [-0.15, -0.1) is 0 Å². The lowest BCUT2D eigenvalue weighted by atomic mass is 10.3. The van der Waals surface area contributed by atoms with E-state index in [1.807, 2.05) is 13.8 Å². The van der Waals surface area contributed by atoms with E-state index in [0.29, 0.717) is 5.75 Å². The molecule has 0 radical (unpaired) electrons. The molecule has 1 aromatic carbocycles. The Morgan fingerprint density at radius 1 is 1.21 bits per heavy atom. The summed E-state index contributed by atoms with van der Waals surface area (Å²) in [5, 5.41) is 3.84. The third-order valence-corrected chi connectivity index (χ3v) is 2.29. The number of carbonyl (C=O) groups excluding carboxylic acids is 1. The van der Waals surface area contributed by atoms with Crippen molar-refractivity contribution in [2.24, 2.45) is 11.0 Å². The zero-order valence-electron chi connectivity index (χ0n) is 11.7. The normalized spacial score (nSPS) is 12.5. The highest BCUT2D eigenvalue weighted by molar-refractivity contribution is 5.81. The molecule has 0 heterocycles. The second kappa shape index (κ2) is 7.41. The Hall–Kier alpha value is -2.04. The van der Waals surface area contributed by atoms with Gasteiger partial charge in [0, 0.05) is 6.21 Å². The molecule has 1 unspecified atom stereocenters. The predicted octanol–water partition coefficient (Wildman–Crippen LogP) is 2.22. The number of carbonyl (C=O) groups is 1. The van der Waals surface area contributed by atoms with Crippen LogP contribution in [0.2, 0.25) is 0 Å². The monoisotopic (exact) mass is 264 g/mol. The first-order valence-electron chi connectivity index (χ1n) is 6.16. The Kier molecular flexibility index (Phi) is 5.85. The molecule has 0 bridgehead atoms. The highest BCUT2D eigenvalue weighted by atomic mass is 16.5. The number of methoxy groups -OCH3 is 1. The summed E-state index contributed by atoms with van der Waals surface area (Å²) < 4.78 is 10.5. The summed E-state index contributed by atoms with van der Waals surface area (Å²) in [5.74, 6) is 1.35. The van der Waals surface area contributed by atoms with E-state index >= 15 is 0 Å². The average molecular weight is 264 g/mol. The summed E-state index contributed by atoms with van der Waals surface area (Å²) >= 11 is 0. The Bertz CT molecular complexity index is 427. The van der Waals surface area contributed by atoms with Crippen LogP contribution in [0.25, 0.3) is 0 Å². The number of nitrogens with one attached hydrogen (secondary N) is 1. The van der Waals surface area contributed by atoms with E-state index in [1.165, 1.54) is 0 Å². The maximum absolute atomic E-state index is 11.7. The molecule has 19 heavy (non-hydrogen) atoms. The highest BCUT2D eigenvalue weighted by Crippen LogP contribution is 2.18. The molecule has 1 aromatic rings. The van der Waals surface area contributed by atoms with E-state index in [2.05, 4.69) is 10.5 Å². The van der Waals surface area contributed by atoms with Crippen molar-refractivity contribution >= 4 is 12.1 Å². The standard InChI is InChI=1S/C14H20N2O3/c1-10(2)9-15-16-14(17)11(3)19-13-7-5-12(18-4)6-8-13/h5-11H,1-4H3,(H,16,17). The number of benzene rings is 1. The molecule has 1 N–H and O–H groups in total. The van der Waals surface area contributed by atoms with Gasteiger partial charge in [-0.2, -0.15) is 5.10 Å². The predicted molar refractivity (Wildman–Crippen MR) is 74.6 cm³/mol. The highest BCUT2D eigenvalue weighted by Gasteiger charge is 2.13. The number of rotatable bonds is 6. The van der Waals surface area contributed by atoms with Gasteiger partial charge in [-0.1, -0.05) is 13.8 Å². The number of hydrogen-bond acceptors (Lipinski definition) is 4. The number of nitrogens with zero attached hydrogens (tertiary/aromatic N) is 1. The molecule has 0 saturated heterocycles. The van der Waals surface area contributed by atoms with Crippen molar-refractivity contribution in [3.8, 4) is 11.5 Å². The molecule has 0 aliphatic heterocycles. The Morgan fingerprint density at radius 3 is 2.32 bits per heavy atom. The van der Waals surface area contributed by atoms with Crippen molar-refractivity contribution in [3.05, 3.63) is 24.3 Å². The van der Waals surface area contributed by atoms with Gasteiger partial charge in [0.15, 0.2) is 6.10 Å². The fourth-order valence-electron chi connectivity index (χ4n) is 1.25. The quantitative estimate of drug-likeness (QED) is 0.633. The molecule has 0 aliphatic carbocycles. The summed E-state index contributed by atoms with van der Waals surface area (Å²) in [4.78, 5) is 11.7. The lowest BCUT2D eigenvalue weighted by Crippen LogP contribution is -2.33. The van der Waals surface area contributed by atoms with Crippen LogP contribution in [0.3, 0.4) is 0 Å². The number of hydrogen-bond donors (Lipinski definition) is 1. The molecule has 0 spiro atoms. The van der Waals surface area contributed by atoms with E-state index in [-0.39, 0.29) is 11.8 Å². The molecular formula is C14H20N2O3. The molecule has 5 nitrogen and oxygen atoms in total. The summed E-state index contributed by atoms with van der Waals surface area (Å²) in [6.07, 6.45) is 1.05. The van der Waals surface area contributed by atoms with Gasteiger partial charge >= 0.3 is 0 Å². The van der Waals surface area contributed by atoms with Crippen molar-refractivity contribution in [1.82, 2.24) is 5.43 Å². The zero-order valence-corrected chi connectivity index (χ0v) is 11.7. The van der Waals surface area contributed by atoms with Crippen LogP contribution in [-0.4, -0.2) is 25.3 Å². The van der Waals surface area contributed by atoms with Crippen LogP contribution in [0.15, 0.2) is 29.4 Å². The second-order valence-corrected chi connectivity index (χ2v) is 4.43. The van der Waals surface area contributed by atoms with Crippen molar-refractivity contribution in [2.45, 2.75) is 26.9 Å². The Labute approximate surface area is 113 Å². The average Bonchev–Trinajstić information content (AvgIpc) is 2.39. The van der Waals surface area contributed by atoms with E-state index in [9.17, 15) is 4.79 Å². The molecule has 1 atom stereocenters. The van der Waals surface area contributed by atoms with E-state index in [1.54, 1.807) is 44.5 Å². The van der Waals surface area contributed by atoms with Crippen LogP contribution in [0.4, 0.5) is 0 Å². The first-order valence-corrected chi connectivity index (χ1v) is 6.16. The van der Waals surface area contributed by atoms with Crippen LogP contribution in [0.5, 0.6) is 11.5 Å².